The quantitative estimate of drug-likeness (QED) is 0.487. The fourth-order valence-corrected chi connectivity index (χ4v) is 3.11. The molecule has 1 saturated heterocycles. The average molecular weight is 310 g/mol. The summed E-state index contributed by atoms with van der Waals surface area (Å²) in [6.07, 6.45) is 5.72. The normalized spacial score (nSPS) is 32.7. The highest BCUT2D eigenvalue weighted by molar-refractivity contribution is 5.81. The first-order valence-electron chi connectivity index (χ1n) is 7.37. The van der Waals surface area contributed by atoms with E-state index in [2.05, 4.69) is 0 Å². The first-order valence-corrected chi connectivity index (χ1v) is 7.37. The fourth-order valence-electron chi connectivity index (χ4n) is 3.11. The van der Waals surface area contributed by atoms with Gasteiger partial charge in [-0.2, -0.15) is 0 Å². The number of rotatable bonds is 4. The molecule has 0 aromatic rings. The predicted molar refractivity (Wildman–Crippen MR) is 77.7 cm³/mol. The third-order valence-electron chi connectivity index (χ3n) is 3.99. The molecule has 0 radical (unpaired) electrons. The molecule has 1 heterocycles. The van der Waals surface area contributed by atoms with Crippen LogP contribution in [-0.2, 0) is 23.8 Å². The van der Waals surface area contributed by atoms with Crippen LogP contribution < -0.4 is 0 Å². The van der Waals surface area contributed by atoms with Crippen molar-refractivity contribution in [1.82, 2.24) is 0 Å². The minimum absolute atomic E-state index is 0.0957. The molecule has 1 aliphatic carbocycles. The topological polar surface area (TPSA) is 82.1 Å². The molecule has 0 amide bonds. The van der Waals surface area contributed by atoms with Gasteiger partial charge in [0.2, 0.25) is 0 Å². The van der Waals surface area contributed by atoms with Crippen LogP contribution in [0.15, 0.2) is 24.0 Å². The van der Waals surface area contributed by atoms with Gasteiger partial charge in [-0.3, -0.25) is 4.79 Å². The number of hydrogen-bond acceptors (Lipinski definition) is 5. The van der Waals surface area contributed by atoms with E-state index in [1.807, 2.05) is 13.8 Å². The lowest BCUT2D eigenvalue weighted by Gasteiger charge is -2.24. The lowest BCUT2D eigenvalue weighted by Crippen LogP contribution is -2.28. The van der Waals surface area contributed by atoms with E-state index in [1.165, 1.54) is 19.3 Å². The second-order valence-corrected chi connectivity index (χ2v) is 6.09. The summed E-state index contributed by atoms with van der Waals surface area (Å²) < 4.78 is 16.4. The highest BCUT2D eigenvalue weighted by atomic mass is 16.7. The summed E-state index contributed by atoms with van der Waals surface area (Å²) >= 11 is 0. The summed E-state index contributed by atoms with van der Waals surface area (Å²) in [6, 6.07) is 0. The number of carboxylic acids is 1. The minimum Gasteiger partial charge on any atom is -0.478 e. The maximum atomic E-state index is 11.0. The Balaban J connectivity index is 2.16. The van der Waals surface area contributed by atoms with Crippen molar-refractivity contribution in [2.75, 3.05) is 6.61 Å². The number of allylic oxidation sites excluding steroid dienone is 2. The van der Waals surface area contributed by atoms with Crippen molar-refractivity contribution in [2.24, 2.45) is 11.8 Å². The molecule has 0 aromatic carbocycles. The molecular formula is C16H22O6. The summed E-state index contributed by atoms with van der Waals surface area (Å²) in [6.45, 7) is 5.52. The number of carboxylic acid groups (broad SMARTS) is 1. The predicted octanol–water partition coefficient (Wildman–Crippen LogP) is 2.25. The second-order valence-electron chi connectivity index (χ2n) is 6.09. The zero-order valence-corrected chi connectivity index (χ0v) is 13.1. The average Bonchev–Trinajstić information content (AvgIpc) is 2.92. The van der Waals surface area contributed by atoms with Crippen LogP contribution in [0.5, 0.6) is 0 Å². The van der Waals surface area contributed by atoms with Crippen LogP contribution in [0.3, 0.4) is 0 Å². The van der Waals surface area contributed by atoms with Gasteiger partial charge in [-0.05, 0) is 38.7 Å². The van der Waals surface area contributed by atoms with Gasteiger partial charge in [0.25, 0.3) is 0 Å². The monoisotopic (exact) mass is 310 g/mol. The van der Waals surface area contributed by atoms with Crippen molar-refractivity contribution in [2.45, 2.75) is 45.5 Å². The molecule has 0 aromatic heterocycles. The SMILES string of the molecule is CC(=O)O/C=C/[C@H]1/C(=C\C(=O)O)CC[C@@H]1[C@H]1COC(C)(C)O1. The number of aliphatic carboxylic acids is 1. The molecule has 0 unspecified atom stereocenters. The fraction of sp³-hybridized carbons (Fsp3) is 0.625. The van der Waals surface area contributed by atoms with Crippen molar-refractivity contribution < 1.29 is 28.9 Å². The number of ether oxygens (including phenoxy) is 3. The smallest absolute Gasteiger partial charge is 0.328 e. The summed E-state index contributed by atoms with van der Waals surface area (Å²) in [5.41, 5.74) is 0.814. The van der Waals surface area contributed by atoms with Gasteiger partial charge in [0.1, 0.15) is 0 Å². The van der Waals surface area contributed by atoms with Crippen LogP contribution in [0.1, 0.15) is 33.6 Å². The number of carbonyl (C=O) groups excluding carboxylic acids is 1. The van der Waals surface area contributed by atoms with Gasteiger partial charge in [0.15, 0.2) is 5.79 Å². The second kappa shape index (κ2) is 6.62. The lowest BCUT2D eigenvalue weighted by molar-refractivity contribution is -0.145. The van der Waals surface area contributed by atoms with Gasteiger partial charge >= 0.3 is 11.9 Å². The standard InChI is InChI=1S/C16H22O6/c1-10(17)20-7-6-12-11(8-15(18)19)4-5-13(12)14-9-21-16(2,3)22-14/h6-8,12-14H,4-5,9H2,1-3H3,(H,18,19)/b7-6+,11-8-/t12-,13-,14+/m0/s1. The van der Waals surface area contributed by atoms with Crippen LogP contribution in [0.4, 0.5) is 0 Å². The molecule has 22 heavy (non-hydrogen) atoms. The largest absolute Gasteiger partial charge is 0.478 e. The lowest BCUT2D eigenvalue weighted by atomic mass is 9.89. The molecule has 0 spiro atoms. The Morgan fingerprint density at radius 2 is 2.14 bits per heavy atom. The van der Waals surface area contributed by atoms with Gasteiger partial charge in [-0.25, -0.2) is 4.79 Å². The highest BCUT2D eigenvalue weighted by Gasteiger charge is 2.43. The van der Waals surface area contributed by atoms with Crippen LogP contribution in [-0.4, -0.2) is 35.5 Å². The highest BCUT2D eigenvalue weighted by Crippen LogP contribution is 2.43. The van der Waals surface area contributed by atoms with Gasteiger partial charge in [-0.15, -0.1) is 0 Å². The Kier molecular flexibility index (Phi) is 5.03. The van der Waals surface area contributed by atoms with Gasteiger partial charge in [-0.1, -0.05) is 5.57 Å². The summed E-state index contributed by atoms with van der Waals surface area (Å²) in [4.78, 5) is 21.8. The molecule has 6 heteroatoms. The van der Waals surface area contributed by atoms with E-state index in [-0.39, 0.29) is 17.9 Å². The molecule has 6 nitrogen and oxygen atoms in total. The van der Waals surface area contributed by atoms with Gasteiger partial charge < -0.3 is 19.3 Å². The Hall–Kier alpha value is -1.66. The van der Waals surface area contributed by atoms with Crippen LogP contribution >= 0.6 is 0 Å². The molecular weight excluding hydrogens is 288 g/mol. The van der Waals surface area contributed by atoms with Crippen LogP contribution in [0, 0.1) is 11.8 Å². The summed E-state index contributed by atoms with van der Waals surface area (Å²) in [5, 5.41) is 9.00. The van der Waals surface area contributed by atoms with Crippen molar-refractivity contribution in [3.63, 3.8) is 0 Å². The van der Waals surface area contributed by atoms with Crippen LogP contribution in [0.25, 0.3) is 0 Å². The van der Waals surface area contributed by atoms with Crippen molar-refractivity contribution in [1.29, 1.82) is 0 Å². The molecule has 2 aliphatic rings. The number of carbonyl (C=O) groups is 2. The molecule has 2 fully saturated rings. The Morgan fingerprint density at radius 1 is 1.41 bits per heavy atom. The van der Waals surface area contributed by atoms with Crippen molar-refractivity contribution in [3.8, 4) is 0 Å². The van der Waals surface area contributed by atoms with E-state index >= 15 is 0 Å². The molecule has 1 aliphatic heterocycles. The van der Waals surface area contributed by atoms with Gasteiger partial charge in [0.05, 0.1) is 19.0 Å². The first kappa shape index (κ1) is 16.7. The molecule has 0 bridgehead atoms. The summed E-state index contributed by atoms with van der Waals surface area (Å²) in [5.74, 6) is -2.01. The van der Waals surface area contributed by atoms with Crippen molar-refractivity contribution >= 4 is 11.9 Å². The van der Waals surface area contributed by atoms with Gasteiger partial charge in [0, 0.05) is 18.9 Å². The third-order valence-corrected chi connectivity index (χ3v) is 3.99. The molecule has 2 rings (SSSR count). The maximum absolute atomic E-state index is 11.0. The van der Waals surface area contributed by atoms with E-state index in [4.69, 9.17) is 19.3 Å². The first-order chi connectivity index (χ1) is 10.3. The summed E-state index contributed by atoms with van der Waals surface area (Å²) in [7, 11) is 0. The zero-order valence-electron chi connectivity index (χ0n) is 13.1. The number of hydrogen-bond donors (Lipinski definition) is 1. The Labute approximate surface area is 129 Å². The molecule has 122 valence electrons. The molecule has 3 atom stereocenters. The third kappa shape index (κ3) is 4.18. The molecule has 1 N–H and O–H groups in total. The Morgan fingerprint density at radius 3 is 2.68 bits per heavy atom. The van der Waals surface area contributed by atoms with Crippen LogP contribution in [0.2, 0.25) is 0 Å². The van der Waals surface area contributed by atoms with Crippen molar-refractivity contribution in [3.05, 3.63) is 24.0 Å². The van der Waals surface area contributed by atoms with E-state index in [0.29, 0.717) is 13.0 Å². The number of esters is 1. The van der Waals surface area contributed by atoms with E-state index in [1.54, 1.807) is 6.08 Å². The maximum Gasteiger partial charge on any atom is 0.328 e. The Bertz CT molecular complexity index is 505. The van der Waals surface area contributed by atoms with E-state index < -0.39 is 17.7 Å². The van der Waals surface area contributed by atoms with E-state index in [9.17, 15) is 9.59 Å². The zero-order chi connectivity index (χ0) is 16.3. The van der Waals surface area contributed by atoms with E-state index in [0.717, 1.165) is 12.0 Å². The minimum atomic E-state index is -0.967. The molecule has 1 saturated carbocycles.